The lowest BCUT2D eigenvalue weighted by Crippen LogP contribution is -2.45. The van der Waals surface area contributed by atoms with Crippen molar-refractivity contribution in [3.05, 3.63) is 95.3 Å². The highest BCUT2D eigenvalue weighted by Gasteiger charge is 2.43. The molecule has 3 aromatic rings. The molecule has 1 saturated heterocycles. The molecule has 2 amide bonds. The Bertz CT molecular complexity index is 1190. The first-order chi connectivity index (χ1) is 16.8. The van der Waals surface area contributed by atoms with Gasteiger partial charge in [-0.05, 0) is 54.8 Å². The molecule has 2 aromatic carbocycles. The zero-order valence-electron chi connectivity index (χ0n) is 18.8. The van der Waals surface area contributed by atoms with Crippen LogP contribution in [0.1, 0.15) is 40.0 Å². The van der Waals surface area contributed by atoms with Crippen molar-refractivity contribution in [1.82, 2.24) is 10.3 Å². The van der Waals surface area contributed by atoms with Crippen LogP contribution in [-0.2, 0) is 27.7 Å². The summed E-state index contributed by atoms with van der Waals surface area (Å²) in [4.78, 5) is 30.2. The molecule has 182 valence electrons. The molecular weight excluding hydrogens is 459 g/mol. The molecule has 35 heavy (non-hydrogen) atoms. The summed E-state index contributed by atoms with van der Waals surface area (Å²) in [7, 11) is 0. The Morgan fingerprint density at radius 2 is 1.74 bits per heavy atom. The number of benzene rings is 2. The van der Waals surface area contributed by atoms with Crippen molar-refractivity contribution in [2.45, 2.75) is 31.0 Å². The van der Waals surface area contributed by atoms with Crippen molar-refractivity contribution in [2.24, 2.45) is 0 Å². The van der Waals surface area contributed by atoms with E-state index in [1.165, 1.54) is 12.1 Å². The smallest absolute Gasteiger partial charge is 0.381 e. The number of nitrogens with one attached hydrogen (secondary N) is 2. The zero-order valence-corrected chi connectivity index (χ0v) is 18.8. The van der Waals surface area contributed by atoms with E-state index in [0.717, 1.165) is 12.1 Å². The summed E-state index contributed by atoms with van der Waals surface area (Å²) in [5.74, 6) is -0.781. The first-order valence-corrected chi connectivity index (χ1v) is 11.1. The van der Waals surface area contributed by atoms with Crippen LogP contribution in [0.25, 0.3) is 0 Å². The average Bonchev–Trinajstić information content (AvgIpc) is 2.88. The van der Waals surface area contributed by atoms with Crippen molar-refractivity contribution >= 4 is 17.5 Å². The maximum absolute atomic E-state index is 13.5. The number of alkyl halides is 3. The van der Waals surface area contributed by atoms with E-state index in [1.54, 1.807) is 42.6 Å². The summed E-state index contributed by atoms with van der Waals surface area (Å²) in [5.41, 5.74) is -0.292. The van der Waals surface area contributed by atoms with Crippen molar-refractivity contribution in [3.63, 3.8) is 0 Å². The van der Waals surface area contributed by atoms with Crippen molar-refractivity contribution in [3.8, 4) is 0 Å². The summed E-state index contributed by atoms with van der Waals surface area (Å²) in [6.45, 7) is 0.744. The molecule has 6 nitrogen and oxygen atoms in total. The summed E-state index contributed by atoms with van der Waals surface area (Å²) in [6.07, 6.45) is -2.40. The number of hydrogen-bond acceptors (Lipinski definition) is 4. The number of nitrogens with zero attached hydrogens (tertiary/aromatic N) is 1. The van der Waals surface area contributed by atoms with Gasteiger partial charge in [-0.1, -0.05) is 30.3 Å². The number of hydrogen-bond donors (Lipinski definition) is 2. The maximum atomic E-state index is 13.5. The molecule has 0 saturated carbocycles. The van der Waals surface area contributed by atoms with Crippen molar-refractivity contribution in [2.75, 3.05) is 18.5 Å². The van der Waals surface area contributed by atoms with E-state index in [2.05, 4.69) is 15.6 Å². The fraction of sp³-hybridized carbons (Fsp3) is 0.269. The van der Waals surface area contributed by atoms with Gasteiger partial charge in [0.2, 0.25) is 5.91 Å². The van der Waals surface area contributed by atoms with E-state index in [4.69, 9.17) is 4.74 Å². The lowest BCUT2D eigenvalue weighted by Gasteiger charge is -2.36. The lowest BCUT2D eigenvalue weighted by molar-refractivity contribution is -0.138. The average molecular weight is 483 g/mol. The molecule has 0 atom stereocenters. The molecule has 2 heterocycles. The highest BCUT2D eigenvalue weighted by atomic mass is 19.4. The largest absolute Gasteiger partial charge is 0.416 e. The van der Waals surface area contributed by atoms with Gasteiger partial charge in [0.25, 0.3) is 5.91 Å². The Morgan fingerprint density at radius 1 is 0.971 bits per heavy atom. The van der Waals surface area contributed by atoms with Gasteiger partial charge in [0.15, 0.2) is 0 Å². The molecule has 0 radical (unpaired) electrons. The summed E-state index contributed by atoms with van der Waals surface area (Å²) < 4.78 is 45.4. The number of pyridine rings is 1. The molecule has 0 aliphatic carbocycles. The first-order valence-electron chi connectivity index (χ1n) is 11.1. The number of halogens is 3. The molecule has 1 aliphatic heterocycles. The first kappa shape index (κ1) is 24.4. The van der Waals surface area contributed by atoms with E-state index in [0.29, 0.717) is 16.9 Å². The van der Waals surface area contributed by atoms with Crippen molar-refractivity contribution in [1.29, 1.82) is 0 Å². The molecular formula is C26H24F3N3O3. The van der Waals surface area contributed by atoms with Crippen molar-refractivity contribution < 1.29 is 27.5 Å². The van der Waals surface area contributed by atoms with Crippen LogP contribution in [0.5, 0.6) is 0 Å². The van der Waals surface area contributed by atoms with Crippen LogP contribution in [0.4, 0.5) is 18.9 Å². The number of amides is 2. The minimum atomic E-state index is -4.52. The number of aromatic nitrogens is 1. The number of anilines is 1. The summed E-state index contributed by atoms with van der Waals surface area (Å²) in [6, 6.07) is 16.7. The fourth-order valence-electron chi connectivity index (χ4n) is 4.12. The Labute approximate surface area is 200 Å². The Morgan fingerprint density at radius 3 is 2.46 bits per heavy atom. The summed E-state index contributed by atoms with van der Waals surface area (Å²) in [5, 5.41) is 5.59. The third-order valence-electron chi connectivity index (χ3n) is 6.06. The SMILES string of the molecule is O=C(NCc1ccccn1)c1cccc(NC(=O)C2(c3cccc(C(F)(F)F)c3)CCOCC2)c1. The Hall–Kier alpha value is -3.72. The number of carbonyl (C=O) groups is 2. The van der Waals surface area contributed by atoms with Crippen LogP contribution < -0.4 is 10.6 Å². The van der Waals surface area contributed by atoms with Crippen LogP contribution in [0.15, 0.2) is 72.9 Å². The van der Waals surface area contributed by atoms with Gasteiger partial charge in [0, 0.05) is 30.7 Å². The van der Waals surface area contributed by atoms with Crippen LogP contribution >= 0.6 is 0 Å². The van der Waals surface area contributed by atoms with Crippen LogP contribution in [-0.4, -0.2) is 30.0 Å². The summed E-state index contributed by atoms with van der Waals surface area (Å²) >= 11 is 0. The van der Waals surface area contributed by atoms with E-state index < -0.39 is 23.1 Å². The highest BCUT2D eigenvalue weighted by molar-refractivity contribution is 6.01. The van der Waals surface area contributed by atoms with E-state index >= 15 is 0 Å². The number of rotatable bonds is 6. The molecule has 0 unspecified atom stereocenters. The molecule has 1 aromatic heterocycles. The third-order valence-corrected chi connectivity index (χ3v) is 6.06. The zero-order chi connectivity index (χ0) is 24.9. The van der Waals surface area contributed by atoms with Gasteiger partial charge in [-0.2, -0.15) is 13.2 Å². The van der Waals surface area contributed by atoms with Gasteiger partial charge in [0.05, 0.1) is 23.2 Å². The second-order valence-electron chi connectivity index (χ2n) is 8.31. The van der Waals surface area contributed by atoms with Crippen LogP contribution in [0.3, 0.4) is 0 Å². The molecule has 9 heteroatoms. The molecule has 4 rings (SSSR count). The second-order valence-corrected chi connectivity index (χ2v) is 8.31. The van der Waals surface area contributed by atoms with Crippen LogP contribution in [0, 0.1) is 0 Å². The molecule has 0 spiro atoms. The predicted molar refractivity (Wildman–Crippen MR) is 124 cm³/mol. The van der Waals surface area contributed by atoms with Crippen LogP contribution in [0.2, 0.25) is 0 Å². The minimum Gasteiger partial charge on any atom is -0.381 e. The maximum Gasteiger partial charge on any atom is 0.416 e. The fourth-order valence-corrected chi connectivity index (χ4v) is 4.12. The Balaban J connectivity index is 1.54. The van der Waals surface area contributed by atoms with Gasteiger partial charge in [-0.15, -0.1) is 0 Å². The number of ether oxygens (including phenoxy) is 1. The van der Waals surface area contributed by atoms with Gasteiger partial charge >= 0.3 is 6.18 Å². The molecule has 1 fully saturated rings. The quantitative estimate of drug-likeness (QED) is 0.532. The molecule has 0 bridgehead atoms. The minimum absolute atomic E-state index is 0.240. The van der Waals surface area contributed by atoms with Gasteiger partial charge in [-0.25, -0.2) is 0 Å². The van der Waals surface area contributed by atoms with Gasteiger partial charge in [-0.3, -0.25) is 14.6 Å². The molecule has 2 N–H and O–H groups in total. The second kappa shape index (κ2) is 10.3. The highest BCUT2D eigenvalue weighted by Crippen LogP contribution is 2.39. The number of carbonyl (C=O) groups excluding carboxylic acids is 2. The topological polar surface area (TPSA) is 80.3 Å². The lowest BCUT2D eigenvalue weighted by atomic mass is 9.73. The van der Waals surface area contributed by atoms with Gasteiger partial charge in [0.1, 0.15) is 0 Å². The monoisotopic (exact) mass is 483 g/mol. The van der Waals surface area contributed by atoms with E-state index in [-0.39, 0.29) is 44.1 Å². The molecule has 1 aliphatic rings. The Kier molecular flexibility index (Phi) is 7.16. The van der Waals surface area contributed by atoms with E-state index in [9.17, 15) is 22.8 Å². The predicted octanol–water partition coefficient (Wildman–Crippen LogP) is 4.72. The normalized spacial score (nSPS) is 15.3. The standard InChI is InChI=1S/C26H24F3N3O3/c27-26(28,29)20-7-4-6-19(16-20)25(10-13-35-14-11-25)24(34)32-21-9-3-5-18(15-21)23(33)31-17-22-8-1-2-12-30-22/h1-9,12,15-16H,10-11,13-14,17H2,(H,31,33)(H,32,34). The third kappa shape index (κ3) is 5.68. The van der Waals surface area contributed by atoms with E-state index in [1.807, 2.05) is 6.07 Å². The van der Waals surface area contributed by atoms with Gasteiger partial charge < -0.3 is 15.4 Å².